The first-order valence-electron chi connectivity index (χ1n) is 6.36. The van der Waals surface area contributed by atoms with Crippen LogP contribution < -0.4 is 5.32 Å². The number of benzene rings is 1. The molecular weight excluding hydrogens is 307 g/mol. The van der Waals surface area contributed by atoms with Gasteiger partial charge in [-0.15, -0.1) is 0 Å². The van der Waals surface area contributed by atoms with Crippen LogP contribution in [0.4, 0.5) is 4.39 Å². The molecule has 1 aromatic heterocycles. The summed E-state index contributed by atoms with van der Waals surface area (Å²) >= 11 is 3.37. The third-order valence-corrected chi connectivity index (χ3v) is 3.38. The first kappa shape index (κ1) is 14.3. The fourth-order valence-corrected chi connectivity index (χ4v) is 2.29. The van der Waals surface area contributed by atoms with Gasteiger partial charge in [0.05, 0.1) is 0 Å². The summed E-state index contributed by atoms with van der Waals surface area (Å²) in [7, 11) is 0. The van der Waals surface area contributed by atoms with Crippen molar-refractivity contribution in [2.75, 3.05) is 0 Å². The van der Waals surface area contributed by atoms with Crippen LogP contribution in [-0.2, 0) is 13.1 Å². The molecule has 0 unspecified atom stereocenters. The monoisotopic (exact) mass is 324 g/mol. The van der Waals surface area contributed by atoms with E-state index in [2.05, 4.69) is 47.4 Å². The van der Waals surface area contributed by atoms with Crippen LogP contribution in [0, 0.1) is 5.82 Å². The summed E-state index contributed by atoms with van der Waals surface area (Å²) in [6.07, 6.45) is 4.04. The van der Waals surface area contributed by atoms with Crippen molar-refractivity contribution in [1.29, 1.82) is 0 Å². The van der Waals surface area contributed by atoms with E-state index in [-0.39, 0.29) is 5.82 Å². The molecule has 0 saturated heterocycles. The van der Waals surface area contributed by atoms with Gasteiger partial charge < -0.3 is 9.88 Å². The van der Waals surface area contributed by atoms with Gasteiger partial charge in [-0.1, -0.05) is 29.8 Å². The summed E-state index contributed by atoms with van der Waals surface area (Å²) in [5.74, 6) is -0.168. The van der Waals surface area contributed by atoms with Crippen LogP contribution in [0.1, 0.15) is 25.0 Å². The second-order valence-electron chi connectivity index (χ2n) is 4.96. The Hall–Kier alpha value is -1.13. The number of hydrogen-bond donors (Lipinski definition) is 1. The molecule has 2 nitrogen and oxygen atoms in total. The Balaban J connectivity index is 2.05. The predicted molar refractivity (Wildman–Crippen MR) is 79.6 cm³/mol. The second kappa shape index (κ2) is 6.35. The summed E-state index contributed by atoms with van der Waals surface area (Å²) in [6, 6.07) is 7.55. The van der Waals surface area contributed by atoms with Gasteiger partial charge in [0.25, 0.3) is 0 Å². The van der Waals surface area contributed by atoms with Crippen molar-refractivity contribution in [1.82, 2.24) is 9.88 Å². The topological polar surface area (TPSA) is 17.0 Å². The summed E-state index contributed by atoms with van der Waals surface area (Å²) in [6.45, 7) is 5.63. The Morgan fingerprint density at radius 1 is 1.32 bits per heavy atom. The largest absolute Gasteiger partial charge is 0.349 e. The SMILES string of the molecule is CC(C)NCc1ccn(Cc2cc(Br)ccc2F)c1. The predicted octanol–water partition coefficient (Wildman–Crippen LogP) is 3.94. The molecule has 19 heavy (non-hydrogen) atoms. The van der Waals surface area contributed by atoms with E-state index >= 15 is 0 Å². The molecule has 0 aliphatic carbocycles. The maximum Gasteiger partial charge on any atom is 0.128 e. The van der Waals surface area contributed by atoms with E-state index in [4.69, 9.17) is 0 Å². The molecule has 0 bridgehead atoms. The van der Waals surface area contributed by atoms with E-state index < -0.39 is 0 Å². The van der Waals surface area contributed by atoms with E-state index in [0.29, 0.717) is 18.2 Å². The van der Waals surface area contributed by atoms with Gasteiger partial charge >= 0.3 is 0 Å². The van der Waals surface area contributed by atoms with Crippen LogP contribution in [0.5, 0.6) is 0 Å². The third kappa shape index (κ3) is 4.18. The van der Waals surface area contributed by atoms with Gasteiger partial charge in [0.15, 0.2) is 0 Å². The summed E-state index contributed by atoms with van der Waals surface area (Å²) in [5.41, 5.74) is 1.90. The lowest BCUT2D eigenvalue weighted by atomic mass is 10.2. The molecule has 2 rings (SSSR count). The zero-order chi connectivity index (χ0) is 13.8. The Morgan fingerprint density at radius 2 is 2.11 bits per heavy atom. The number of nitrogens with zero attached hydrogens (tertiary/aromatic N) is 1. The normalized spacial score (nSPS) is 11.2. The molecule has 0 fully saturated rings. The van der Waals surface area contributed by atoms with Crippen LogP contribution in [0.15, 0.2) is 41.1 Å². The number of rotatable bonds is 5. The molecule has 0 atom stereocenters. The Kier molecular flexibility index (Phi) is 4.77. The minimum absolute atomic E-state index is 0.168. The average Bonchev–Trinajstić information content (AvgIpc) is 2.79. The molecule has 1 N–H and O–H groups in total. The quantitative estimate of drug-likeness (QED) is 0.881. The van der Waals surface area contributed by atoms with Crippen molar-refractivity contribution < 1.29 is 4.39 Å². The molecule has 1 aromatic carbocycles. The Morgan fingerprint density at radius 3 is 2.84 bits per heavy atom. The molecule has 0 amide bonds. The summed E-state index contributed by atoms with van der Waals surface area (Å²) < 4.78 is 16.6. The van der Waals surface area contributed by atoms with Crippen molar-refractivity contribution in [3.8, 4) is 0 Å². The van der Waals surface area contributed by atoms with Gasteiger partial charge in [0, 0.05) is 41.6 Å². The third-order valence-electron chi connectivity index (χ3n) is 2.89. The number of halogens is 2. The van der Waals surface area contributed by atoms with Gasteiger partial charge in [-0.3, -0.25) is 0 Å². The maximum atomic E-state index is 13.7. The molecule has 2 aromatic rings. The first-order chi connectivity index (χ1) is 9.04. The van der Waals surface area contributed by atoms with Gasteiger partial charge in [0.1, 0.15) is 5.82 Å². The Labute approximate surface area is 121 Å². The molecule has 0 saturated carbocycles. The van der Waals surface area contributed by atoms with E-state index in [1.165, 1.54) is 11.6 Å². The van der Waals surface area contributed by atoms with Crippen molar-refractivity contribution in [2.45, 2.75) is 33.0 Å². The van der Waals surface area contributed by atoms with E-state index in [9.17, 15) is 4.39 Å². The van der Waals surface area contributed by atoms with Gasteiger partial charge in [-0.2, -0.15) is 0 Å². The van der Waals surface area contributed by atoms with Gasteiger partial charge in [0.2, 0.25) is 0 Å². The zero-order valence-corrected chi connectivity index (χ0v) is 12.7. The zero-order valence-electron chi connectivity index (χ0n) is 11.2. The van der Waals surface area contributed by atoms with Crippen molar-refractivity contribution in [3.63, 3.8) is 0 Å². The maximum absolute atomic E-state index is 13.7. The molecule has 1 heterocycles. The molecule has 0 aliphatic heterocycles. The summed E-state index contributed by atoms with van der Waals surface area (Å²) in [4.78, 5) is 0. The van der Waals surface area contributed by atoms with Crippen molar-refractivity contribution in [3.05, 3.63) is 58.1 Å². The minimum Gasteiger partial charge on any atom is -0.349 e. The van der Waals surface area contributed by atoms with E-state index in [1.807, 2.05) is 16.8 Å². The smallest absolute Gasteiger partial charge is 0.128 e. The van der Waals surface area contributed by atoms with Gasteiger partial charge in [-0.25, -0.2) is 4.39 Å². The minimum atomic E-state index is -0.168. The lowest BCUT2D eigenvalue weighted by Crippen LogP contribution is -2.21. The fourth-order valence-electron chi connectivity index (χ4n) is 1.88. The highest BCUT2D eigenvalue weighted by Crippen LogP contribution is 2.17. The standard InChI is InChI=1S/C15H18BrFN2/c1-11(2)18-8-12-5-6-19(9-12)10-13-7-14(16)3-4-15(13)17/h3-7,9,11,18H,8,10H2,1-2H3. The number of nitrogens with one attached hydrogen (secondary N) is 1. The van der Waals surface area contributed by atoms with Crippen LogP contribution in [0.2, 0.25) is 0 Å². The highest BCUT2D eigenvalue weighted by atomic mass is 79.9. The number of hydrogen-bond acceptors (Lipinski definition) is 1. The molecule has 0 aliphatic rings. The Bertz CT molecular complexity index is 549. The molecule has 4 heteroatoms. The average molecular weight is 325 g/mol. The van der Waals surface area contributed by atoms with E-state index in [0.717, 1.165) is 11.0 Å². The molecule has 0 radical (unpaired) electrons. The van der Waals surface area contributed by atoms with Crippen LogP contribution >= 0.6 is 15.9 Å². The highest BCUT2D eigenvalue weighted by molar-refractivity contribution is 9.10. The van der Waals surface area contributed by atoms with Crippen LogP contribution in [-0.4, -0.2) is 10.6 Å². The van der Waals surface area contributed by atoms with Crippen LogP contribution in [0.25, 0.3) is 0 Å². The van der Waals surface area contributed by atoms with Crippen molar-refractivity contribution in [2.24, 2.45) is 0 Å². The lowest BCUT2D eigenvalue weighted by molar-refractivity contribution is 0.586. The van der Waals surface area contributed by atoms with Crippen LogP contribution in [0.3, 0.4) is 0 Å². The van der Waals surface area contributed by atoms with Gasteiger partial charge in [-0.05, 0) is 29.8 Å². The lowest BCUT2D eigenvalue weighted by Gasteiger charge is -2.07. The fraction of sp³-hybridized carbons (Fsp3) is 0.333. The first-order valence-corrected chi connectivity index (χ1v) is 7.16. The molecule has 102 valence electrons. The summed E-state index contributed by atoms with van der Waals surface area (Å²) in [5, 5.41) is 3.36. The molecular formula is C15H18BrFN2. The molecule has 0 spiro atoms. The highest BCUT2D eigenvalue weighted by Gasteiger charge is 2.04. The van der Waals surface area contributed by atoms with Crippen molar-refractivity contribution >= 4 is 15.9 Å². The number of aromatic nitrogens is 1. The second-order valence-corrected chi connectivity index (χ2v) is 5.88. The van der Waals surface area contributed by atoms with E-state index in [1.54, 1.807) is 6.07 Å².